The summed E-state index contributed by atoms with van der Waals surface area (Å²) >= 11 is 1.59. The maximum atomic E-state index is 12.7. The first-order valence-corrected chi connectivity index (χ1v) is 10.3. The van der Waals surface area contributed by atoms with E-state index < -0.39 is 0 Å². The molecule has 1 amide bonds. The van der Waals surface area contributed by atoms with E-state index in [1.807, 2.05) is 18.2 Å². The summed E-state index contributed by atoms with van der Waals surface area (Å²) in [5, 5.41) is 3.15. The molecule has 0 saturated carbocycles. The van der Waals surface area contributed by atoms with E-state index >= 15 is 0 Å². The number of nitrogens with zero attached hydrogens (tertiary/aromatic N) is 1. The van der Waals surface area contributed by atoms with Crippen molar-refractivity contribution in [3.63, 3.8) is 0 Å². The van der Waals surface area contributed by atoms with E-state index in [4.69, 9.17) is 9.47 Å². The molecule has 6 heteroatoms. The third-order valence-corrected chi connectivity index (χ3v) is 6.39. The summed E-state index contributed by atoms with van der Waals surface area (Å²) in [6.45, 7) is 7.95. The molecule has 2 aromatic rings. The Labute approximate surface area is 165 Å². The van der Waals surface area contributed by atoms with E-state index in [0.717, 1.165) is 43.4 Å². The predicted molar refractivity (Wildman–Crippen MR) is 109 cm³/mol. The molecule has 1 aromatic carbocycles. The van der Waals surface area contributed by atoms with Gasteiger partial charge in [0, 0.05) is 24.5 Å². The number of benzene rings is 1. The molecule has 0 spiro atoms. The van der Waals surface area contributed by atoms with Crippen molar-refractivity contribution in [2.75, 3.05) is 40.0 Å². The molecule has 1 saturated heterocycles. The van der Waals surface area contributed by atoms with Crippen LogP contribution in [0, 0.1) is 6.92 Å². The summed E-state index contributed by atoms with van der Waals surface area (Å²) in [4.78, 5) is 17.1. The van der Waals surface area contributed by atoms with Gasteiger partial charge < -0.3 is 14.8 Å². The number of methoxy groups -OCH3 is 1. The number of morpholine rings is 1. The molecule has 1 atom stereocenters. The second kappa shape index (κ2) is 9.35. The van der Waals surface area contributed by atoms with Gasteiger partial charge in [-0.05, 0) is 42.7 Å². The lowest BCUT2D eigenvalue weighted by atomic mass is 10.0. The normalized spacial score (nSPS) is 16.1. The highest BCUT2D eigenvalue weighted by atomic mass is 32.1. The van der Waals surface area contributed by atoms with Crippen molar-refractivity contribution in [3.05, 3.63) is 51.2 Å². The molecule has 1 N–H and O–H groups in total. The number of thiophene rings is 1. The second-order valence-corrected chi connectivity index (χ2v) is 7.85. The lowest BCUT2D eigenvalue weighted by Crippen LogP contribution is -2.43. The number of carbonyl (C=O) groups excluding carboxylic acids is 1. The number of amides is 1. The first-order chi connectivity index (χ1) is 13.1. The standard InChI is InChI=1S/C21H28N2O3S/c1-4-19-15(2)13-20(27-19)21(24)22-14-18(23-9-11-26-12-10-23)16-5-7-17(25-3)8-6-16/h5-8,13,18H,4,9-12,14H2,1-3H3,(H,22,24)/t18-/m1/s1. The summed E-state index contributed by atoms with van der Waals surface area (Å²) in [5.74, 6) is 0.847. The molecule has 3 rings (SSSR count). The Morgan fingerprint density at radius 3 is 2.59 bits per heavy atom. The van der Waals surface area contributed by atoms with E-state index in [1.165, 1.54) is 16.0 Å². The van der Waals surface area contributed by atoms with Crippen LogP contribution in [0.4, 0.5) is 0 Å². The van der Waals surface area contributed by atoms with Crippen molar-refractivity contribution in [3.8, 4) is 5.75 Å². The fourth-order valence-electron chi connectivity index (χ4n) is 3.43. The van der Waals surface area contributed by atoms with Gasteiger partial charge in [-0.1, -0.05) is 19.1 Å². The Morgan fingerprint density at radius 1 is 1.30 bits per heavy atom. The molecule has 1 aliphatic rings. The number of rotatable bonds is 7. The zero-order valence-corrected chi connectivity index (χ0v) is 17.1. The summed E-state index contributed by atoms with van der Waals surface area (Å²) in [6.07, 6.45) is 0.964. The SMILES string of the molecule is CCc1sc(C(=O)NC[C@H](c2ccc(OC)cc2)N2CCOCC2)cc1C. The van der Waals surface area contributed by atoms with Crippen molar-refractivity contribution in [1.82, 2.24) is 10.2 Å². The van der Waals surface area contributed by atoms with Crippen LogP contribution in [-0.2, 0) is 11.2 Å². The van der Waals surface area contributed by atoms with Crippen molar-refractivity contribution >= 4 is 17.2 Å². The molecule has 5 nitrogen and oxygen atoms in total. The summed E-state index contributed by atoms with van der Waals surface area (Å²) in [6, 6.07) is 10.2. The van der Waals surface area contributed by atoms with Gasteiger partial charge in [0.2, 0.25) is 0 Å². The van der Waals surface area contributed by atoms with Crippen molar-refractivity contribution < 1.29 is 14.3 Å². The monoisotopic (exact) mass is 388 g/mol. The van der Waals surface area contributed by atoms with Gasteiger partial charge in [-0.2, -0.15) is 0 Å². The molecule has 146 valence electrons. The quantitative estimate of drug-likeness (QED) is 0.790. The van der Waals surface area contributed by atoms with E-state index in [0.29, 0.717) is 6.54 Å². The van der Waals surface area contributed by atoms with Gasteiger partial charge in [-0.25, -0.2) is 0 Å². The van der Waals surface area contributed by atoms with Crippen molar-refractivity contribution in [2.24, 2.45) is 0 Å². The number of hydrogen-bond acceptors (Lipinski definition) is 5. The fourth-order valence-corrected chi connectivity index (χ4v) is 4.46. The molecule has 1 aromatic heterocycles. The van der Waals surface area contributed by atoms with Gasteiger partial charge in [0.1, 0.15) is 5.75 Å². The highest BCUT2D eigenvalue weighted by Crippen LogP contribution is 2.25. The third-order valence-electron chi connectivity index (χ3n) is 5.01. The van der Waals surface area contributed by atoms with Crippen LogP contribution in [0.1, 0.15) is 38.6 Å². The van der Waals surface area contributed by atoms with E-state index in [1.54, 1.807) is 18.4 Å². The summed E-state index contributed by atoms with van der Waals surface area (Å²) in [7, 11) is 1.67. The van der Waals surface area contributed by atoms with E-state index in [9.17, 15) is 4.79 Å². The van der Waals surface area contributed by atoms with Crippen molar-refractivity contribution in [2.45, 2.75) is 26.3 Å². The van der Waals surface area contributed by atoms with Gasteiger partial charge in [0.05, 0.1) is 31.2 Å². The molecule has 0 bridgehead atoms. The average Bonchev–Trinajstić information content (AvgIpc) is 3.10. The maximum Gasteiger partial charge on any atom is 0.261 e. The topological polar surface area (TPSA) is 50.8 Å². The molecule has 27 heavy (non-hydrogen) atoms. The summed E-state index contributed by atoms with van der Waals surface area (Å²) in [5.41, 5.74) is 2.38. The molecular formula is C21H28N2O3S. The highest BCUT2D eigenvalue weighted by Gasteiger charge is 2.24. The minimum absolute atomic E-state index is 0.00886. The Balaban J connectivity index is 1.72. The minimum atomic E-state index is 0.00886. The largest absolute Gasteiger partial charge is 0.497 e. The molecule has 0 aliphatic carbocycles. The molecule has 1 aliphatic heterocycles. The maximum absolute atomic E-state index is 12.7. The molecule has 0 unspecified atom stereocenters. The molecular weight excluding hydrogens is 360 g/mol. The van der Waals surface area contributed by atoms with Crippen LogP contribution in [0.5, 0.6) is 5.75 Å². The van der Waals surface area contributed by atoms with Crippen molar-refractivity contribution in [1.29, 1.82) is 0 Å². The average molecular weight is 389 g/mol. The van der Waals surface area contributed by atoms with Gasteiger partial charge in [-0.15, -0.1) is 11.3 Å². The Morgan fingerprint density at radius 2 is 2.00 bits per heavy atom. The first-order valence-electron chi connectivity index (χ1n) is 9.45. The zero-order valence-electron chi connectivity index (χ0n) is 16.3. The van der Waals surface area contributed by atoms with Gasteiger partial charge in [0.25, 0.3) is 5.91 Å². The Hall–Kier alpha value is -1.89. The number of carbonyl (C=O) groups is 1. The number of aryl methyl sites for hydroxylation is 2. The zero-order chi connectivity index (χ0) is 19.2. The summed E-state index contributed by atoms with van der Waals surface area (Å²) < 4.78 is 10.8. The lowest BCUT2D eigenvalue weighted by Gasteiger charge is -2.35. The van der Waals surface area contributed by atoms with Crippen LogP contribution in [0.3, 0.4) is 0 Å². The smallest absolute Gasteiger partial charge is 0.261 e. The van der Waals surface area contributed by atoms with Crippen LogP contribution in [0.15, 0.2) is 30.3 Å². The molecule has 2 heterocycles. The molecule has 0 radical (unpaired) electrons. The fraction of sp³-hybridized carbons (Fsp3) is 0.476. The Bertz CT molecular complexity index is 751. The van der Waals surface area contributed by atoms with Crippen LogP contribution in [-0.4, -0.2) is 50.8 Å². The molecule has 1 fully saturated rings. The number of hydrogen-bond donors (Lipinski definition) is 1. The number of nitrogens with one attached hydrogen (secondary N) is 1. The predicted octanol–water partition coefficient (Wildman–Crippen LogP) is 3.43. The second-order valence-electron chi connectivity index (χ2n) is 6.72. The van der Waals surface area contributed by atoms with Gasteiger partial charge >= 0.3 is 0 Å². The third kappa shape index (κ3) is 4.89. The van der Waals surface area contributed by atoms with Crippen LogP contribution < -0.4 is 10.1 Å². The van der Waals surface area contributed by atoms with Crippen LogP contribution in [0.25, 0.3) is 0 Å². The van der Waals surface area contributed by atoms with E-state index in [2.05, 4.69) is 36.2 Å². The number of ether oxygens (including phenoxy) is 2. The first kappa shape index (κ1) is 19.9. The minimum Gasteiger partial charge on any atom is -0.497 e. The van der Waals surface area contributed by atoms with Gasteiger partial charge in [-0.3, -0.25) is 9.69 Å². The van der Waals surface area contributed by atoms with Crippen LogP contribution in [0.2, 0.25) is 0 Å². The lowest BCUT2D eigenvalue weighted by molar-refractivity contribution is 0.0162. The highest BCUT2D eigenvalue weighted by molar-refractivity contribution is 7.14. The Kier molecular flexibility index (Phi) is 6.88. The van der Waals surface area contributed by atoms with Gasteiger partial charge in [0.15, 0.2) is 0 Å². The van der Waals surface area contributed by atoms with Crippen LogP contribution >= 0.6 is 11.3 Å². The van der Waals surface area contributed by atoms with E-state index in [-0.39, 0.29) is 11.9 Å².